The summed E-state index contributed by atoms with van der Waals surface area (Å²) in [5, 5.41) is 16.9. The standard InChI is InChI=1S/C23H28N4O3/c1-23(2)11-18-19(12-24)22(26-15-6-8-16(28-3)9-7-15)27-21(20(18)14-30-23)25-13-17-5-4-10-29-17/h6-9,17H,4-5,10-11,13-14H2,1-3H3,(H2,25,26,27)/p+1/t17-/m0/s1. The minimum Gasteiger partial charge on any atom is -0.497 e. The van der Waals surface area contributed by atoms with Crippen LogP contribution in [0.15, 0.2) is 24.3 Å². The van der Waals surface area contributed by atoms with Crippen molar-refractivity contribution in [2.45, 2.75) is 51.4 Å². The summed E-state index contributed by atoms with van der Waals surface area (Å²) >= 11 is 0. The molecule has 1 saturated heterocycles. The van der Waals surface area contributed by atoms with Gasteiger partial charge in [-0.25, -0.2) is 4.98 Å². The first kappa shape index (κ1) is 20.5. The van der Waals surface area contributed by atoms with E-state index >= 15 is 0 Å². The van der Waals surface area contributed by atoms with Gasteiger partial charge >= 0.3 is 0 Å². The number of benzene rings is 1. The van der Waals surface area contributed by atoms with Crippen LogP contribution in [0.25, 0.3) is 0 Å². The van der Waals surface area contributed by atoms with Gasteiger partial charge in [-0.15, -0.1) is 0 Å². The molecule has 2 aliphatic heterocycles. The minimum atomic E-state index is -0.316. The summed E-state index contributed by atoms with van der Waals surface area (Å²) in [6.45, 7) is 6.13. The Labute approximate surface area is 177 Å². The quantitative estimate of drug-likeness (QED) is 0.758. The molecule has 30 heavy (non-hydrogen) atoms. The molecule has 7 nitrogen and oxygen atoms in total. The number of anilines is 3. The first-order valence-corrected chi connectivity index (χ1v) is 10.4. The zero-order chi connectivity index (χ0) is 21.1. The molecule has 3 N–H and O–H groups in total. The lowest BCUT2D eigenvalue weighted by Gasteiger charge is -2.32. The molecule has 3 heterocycles. The molecule has 0 bridgehead atoms. The van der Waals surface area contributed by atoms with Gasteiger partial charge < -0.3 is 19.5 Å². The summed E-state index contributed by atoms with van der Waals surface area (Å²) < 4.78 is 17.0. The van der Waals surface area contributed by atoms with Crippen molar-refractivity contribution in [1.82, 2.24) is 0 Å². The Kier molecular flexibility index (Phi) is 5.80. The number of rotatable bonds is 6. The summed E-state index contributed by atoms with van der Waals surface area (Å²) in [5.41, 5.74) is 3.23. The third-order valence-corrected chi connectivity index (χ3v) is 5.68. The topological polar surface area (TPSA) is 89.7 Å². The number of methoxy groups -OCH3 is 1. The molecule has 1 atom stereocenters. The number of hydrogen-bond donors (Lipinski definition) is 2. The fourth-order valence-corrected chi connectivity index (χ4v) is 4.02. The van der Waals surface area contributed by atoms with Crippen LogP contribution in [-0.4, -0.2) is 32.0 Å². The van der Waals surface area contributed by atoms with Gasteiger partial charge in [0.05, 0.1) is 43.2 Å². The Morgan fingerprint density at radius 3 is 2.70 bits per heavy atom. The second kappa shape index (κ2) is 8.50. The zero-order valence-electron chi connectivity index (χ0n) is 17.8. The smallest absolute Gasteiger partial charge is 0.242 e. The number of hydrogen-bond acceptors (Lipinski definition) is 6. The fourth-order valence-electron chi connectivity index (χ4n) is 4.02. The first-order chi connectivity index (χ1) is 14.5. The van der Waals surface area contributed by atoms with E-state index in [1.807, 2.05) is 24.3 Å². The van der Waals surface area contributed by atoms with Gasteiger partial charge in [-0.3, -0.25) is 5.32 Å². The van der Waals surface area contributed by atoms with Gasteiger partial charge in [0.15, 0.2) is 0 Å². The van der Waals surface area contributed by atoms with Crippen LogP contribution in [0.3, 0.4) is 0 Å². The Hall–Kier alpha value is -2.82. The van der Waals surface area contributed by atoms with E-state index in [2.05, 4.69) is 35.5 Å². The lowest BCUT2D eigenvalue weighted by Crippen LogP contribution is -2.36. The molecule has 0 spiro atoms. The summed E-state index contributed by atoms with van der Waals surface area (Å²) in [6.07, 6.45) is 3.05. The lowest BCUT2D eigenvalue weighted by atomic mass is 9.89. The Balaban J connectivity index is 1.69. The third-order valence-electron chi connectivity index (χ3n) is 5.68. The fraction of sp³-hybridized carbons (Fsp3) is 0.478. The number of pyridine rings is 1. The molecule has 1 fully saturated rings. The maximum Gasteiger partial charge on any atom is 0.242 e. The number of aromatic amines is 1. The van der Waals surface area contributed by atoms with Crippen molar-refractivity contribution >= 4 is 17.3 Å². The van der Waals surface area contributed by atoms with Crippen LogP contribution >= 0.6 is 0 Å². The highest BCUT2D eigenvalue weighted by atomic mass is 16.5. The Bertz CT molecular complexity index is 944. The van der Waals surface area contributed by atoms with Gasteiger partial charge in [-0.2, -0.15) is 5.26 Å². The van der Waals surface area contributed by atoms with Gasteiger partial charge in [0.2, 0.25) is 11.6 Å². The normalized spacial score (nSPS) is 19.6. The Morgan fingerprint density at radius 1 is 1.23 bits per heavy atom. The van der Waals surface area contributed by atoms with Crippen molar-refractivity contribution in [3.8, 4) is 11.8 Å². The molecule has 1 aromatic heterocycles. The maximum absolute atomic E-state index is 9.99. The molecule has 0 saturated carbocycles. The molecule has 0 radical (unpaired) electrons. The van der Waals surface area contributed by atoms with Crippen molar-refractivity contribution in [3.05, 3.63) is 41.0 Å². The number of nitriles is 1. The average molecular weight is 410 g/mol. The molecule has 0 unspecified atom stereocenters. The van der Waals surface area contributed by atoms with E-state index in [0.29, 0.717) is 24.4 Å². The van der Waals surface area contributed by atoms with Crippen molar-refractivity contribution in [2.75, 3.05) is 30.9 Å². The largest absolute Gasteiger partial charge is 0.497 e. The molecule has 1 aromatic carbocycles. The van der Waals surface area contributed by atoms with E-state index in [1.54, 1.807) is 7.11 Å². The minimum absolute atomic E-state index is 0.212. The van der Waals surface area contributed by atoms with E-state index in [-0.39, 0.29) is 11.7 Å². The molecule has 4 rings (SSSR count). The third kappa shape index (κ3) is 4.35. The van der Waals surface area contributed by atoms with E-state index in [1.165, 1.54) is 0 Å². The van der Waals surface area contributed by atoms with Crippen molar-refractivity contribution in [2.24, 2.45) is 0 Å². The van der Waals surface area contributed by atoms with Crippen LogP contribution < -0.4 is 20.4 Å². The van der Waals surface area contributed by atoms with E-state index in [9.17, 15) is 5.26 Å². The number of nitrogens with zero attached hydrogens (tertiary/aromatic N) is 1. The van der Waals surface area contributed by atoms with Gasteiger partial charge in [-0.1, -0.05) is 0 Å². The second-order valence-corrected chi connectivity index (χ2v) is 8.41. The molecule has 158 valence electrons. The monoisotopic (exact) mass is 409 g/mol. The van der Waals surface area contributed by atoms with Crippen LogP contribution in [0.4, 0.5) is 17.3 Å². The molecule has 0 amide bonds. The molecule has 0 aliphatic carbocycles. The molecule has 7 heteroatoms. The van der Waals surface area contributed by atoms with Crippen molar-refractivity contribution in [1.29, 1.82) is 5.26 Å². The average Bonchev–Trinajstić information content (AvgIpc) is 3.25. The number of ether oxygens (including phenoxy) is 3. The maximum atomic E-state index is 9.99. The van der Waals surface area contributed by atoms with Crippen LogP contribution in [0.5, 0.6) is 5.75 Å². The predicted molar refractivity (Wildman–Crippen MR) is 114 cm³/mol. The molecule has 2 aliphatic rings. The second-order valence-electron chi connectivity index (χ2n) is 8.41. The molecule has 2 aromatic rings. The first-order valence-electron chi connectivity index (χ1n) is 10.4. The van der Waals surface area contributed by atoms with Crippen LogP contribution in [0, 0.1) is 11.3 Å². The van der Waals surface area contributed by atoms with Gasteiger partial charge in [-0.05, 0) is 56.5 Å². The summed E-state index contributed by atoms with van der Waals surface area (Å²) in [4.78, 5) is 3.41. The van der Waals surface area contributed by atoms with Gasteiger partial charge in [0, 0.05) is 13.0 Å². The van der Waals surface area contributed by atoms with Crippen molar-refractivity contribution in [3.63, 3.8) is 0 Å². The highest BCUT2D eigenvalue weighted by Gasteiger charge is 2.34. The molecular weight excluding hydrogens is 380 g/mol. The highest BCUT2D eigenvalue weighted by Crippen LogP contribution is 2.35. The van der Waals surface area contributed by atoms with Crippen LogP contribution in [-0.2, 0) is 22.5 Å². The number of fused-ring (bicyclic) bond motifs is 1. The SMILES string of the molecule is COc1ccc(Nc2[nH+]c(NC[C@@H]3CCCO3)c3c(c2C#N)CC(C)(C)OC3)cc1. The molecular formula is C23H29N4O3+. The van der Waals surface area contributed by atoms with E-state index < -0.39 is 0 Å². The number of aromatic nitrogens is 1. The predicted octanol–water partition coefficient (Wildman–Crippen LogP) is 3.57. The van der Waals surface area contributed by atoms with Crippen molar-refractivity contribution < 1.29 is 19.2 Å². The number of H-pyrrole nitrogens is 1. The van der Waals surface area contributed by atoms with Crippen LogP contribution in [0.2, 0.25) is 0 Å². The van der Waals surface area contributed by atoms with Gasteiger partial charge in [0.1, 0.15) is 17.4 Å². The van der Waals surface area contributed by atoms with E-state index in [0.717, 1.165) is 54.4 Å². The Morgan fingerprint density at radius 2 is 2.03 bits per heavy atom. The van der Waals surface area contributed by atoms with E-state index in [4.69, 9.17) is 14.2 Å². The number of nitrogens with one attached hydrogen (secondary N) is 3. The zero-order valence-corrected chi connectivity index (χ0v) is 17.8. The van der Waals surface area contributed by atoms with Crippen LogP contribution in [0.1, 0.15) is 43.4 Å². The lowest BCUT2D eigenvalue weighted by molar-refractivity contribution is -0.345. The van der Waals surface area contributed by atoms with Gasteiger partial charge in [0.25, 0.3) is 0 Å². The summed E-state index contributed by atoms with van der Waals surface area (Å²) in [7, 11) is 1.64. The summed E-state index contributed by atoms with van der Waals surface area (Å²) in [6, 6.07) is 10.0. The summed E-state index contributed by atoms with van der Waals surface area (Å²) in [5.74, 6) is 2.34. The highest BCUT2D eigenvalue weighted by molar-refractivity contribution is 5.66.